The molecule has 0 unspecified atom stereocenters. The van der Waals surface area contributed by atoms with Crippen molar-refractivity contribution in [2.24, 2.45) is 11.8 Å². The van der Waals surface area contributed by atoms with Crippen LogP contribution in [0.4, 0.5) is 0 Å². The SMILES string of the molecule is Cc1cc(Cl)ccc1[C@H]1C[C@@H]2[C@@H]([C@@H](C)C1)N(C(C)C)OC2(C)C. The van der Waals surface area contributed by atoms with E-state index >= 15 is 0 Å². The van der Waals surface area contributed by atoms with Crippen LogP contribution in [0.5, 0.6) is 0 Å². The third-order valence-electron chi connectivity index (χ3n) is 5.90. The molecular weight excluding hydrogens is 306 g/mol. The van der Waals surface area contributed by atoms with E-state index in [1.165, 1.54) is 24.0 Å². The Hall–Kier alpha value is -0.570. The molecule has 1 saturated heterocycles. The summed E-state index contributed by atoms with van der Waals surface area (Å²) in [4.78, 5) is 6.37. The van der Waals surface area contributed by atoms with Crippen LogP contribution >= 0.6 is 11.6 Å². The summed E-state index contributed by atoms with van der Waals surface area (Å²) in [5.41, 5.74) is 2.71. The molecule has 2 nitrogen and oxygen atoms in total. The van der Waals surface area contributed by atoms with E-state index < -0.39 is 0 Å². The van der Waals surface area contributed by atoms with E-state index in [1.54, 1.807) is 0 Å². The van der Waals surface area contributed by atoms with E-state index in [2.05, 4.69) is 58.7 Å². The molecule has 1 aromatic rings. The number of fused-ring (bicyclic) bond motifs is 1. The van der Waals surface area contributed by atoms with Gasteiger partial charge in [-0.05, 0) is 82.6 Å². The second kappa shape index (κ2) is 6.06. The van der Waals surface area contributed by atoms with Gasteiger partial charge in [0, 0.05) is 23.0 Å². The highest BCUT2D eigenvalue weighted by Gasteiger charge is 2.54. The van der Waals surface area contributed by atoms with E-state index in [1.807, 2.05) is 6.07 Å². The van der Waals surface area contributed by atoms with Gasteiger partial charge >= 0.3 is 0 Å². The molecular formula is C20H30ClNO. The molecule has 3 rings (SSSR count). The van der Waals surface area contributed by atoms with Crippen LogP contribution in [-0.4, -0.2) is 22.7 Å². The number of nitrogens with zero attached hydrogens (tertiary/aromatic N) is 1. The van der Waals surface area contributed by atoms with E-state index in [-0.39, 0.29) is 5.60 Å². The number of benzene rings is 1. The summed E-state index contributed by atoms with van der Waals surface area (Å²) in [5, 5.41) is 3.11. The Morgan fingerprint density at radius 1 is 1.26 bits per heavy atom. The molecule has 23 heavy (non-hydrogen) atoms. The number of rotatable bonds is 2. The summed E-state index contributed by atoms with van der Waals surface area (Å²) in [7, 11) is 0. The van der Waals surface area contributed by atoms with Crippen molar-refractivity contribution in [1.82, 2.24) is 5.06 Å². The fraction of sp³-hybridized carbons (Fsp3) is 0.700. The average Bonchev–Trinajstić information content (AvgIpc) is 2.71. The Kier molecular flexibility index (Phi) is 4.54. The van der Waals surface area contributed by atoms with Crippen molar-refractivity contribution in [1.29, 1.82) is 0 Å². The van der Waals surface area contributed by atoms with Gasteiger partial charge in [0.25, 0.3) is 0 Å². The van der Waals surface area contributed by atoms with Gasteiger partial charge in [0.2, 0.25) is 0 Å². The van der Waals surface area contributed by atoms with Crippen LogP contribution in [0.2, 0.25) is 5.02 Å². The lowest BCUT2D eigenvalue weighted by atomic mass is 9.65. The standard InChI is InChI=1S/C20H30ClNO/c1-12(2)22-19-14(4)9-15(11-18(19)20(5,6)23-22)17-8-7-16(21)10-13(17)3/h7-8,10,12,14-15,18-19H,9,11H2,1-6H3/t14-,15+,18+,19+/m0/s1. The van der Waals surface area contributed by atoms with Crippen LogP contribution in [0.1, 0.15) is 64.5 Å². The lowest BCUT2D eigenvalue weighted by Gasteiger charge is -2.41. The summed E-state index contributed by atoms with van der Waals surface area (Å²) in [5.74, 6) is 1.82. The van der Waals surface area contributed by atoms with E-state index in [0.29, 0.717) is 29.8 Å². The van der Waals surface area contributed by atoms with Crippen molar-refractivity contribution < 1.29 is 4.84 Å². The Morgan fingerprint density at radius 2 is 1.96 bits per heavy atom. The maximum absolute atomic E-state index is 6.37. The predicted molar refractivity (Wildman–Crippen MR) is 96.7 cm³/mol. The van der Waals surface area contributed by atoms with Crippen LogP contribution in [0, 0.1) is 18.8 Å². The Balaban J connectivity index is 1.90. The first kappa shape index (κ1) is 17.3. The van der Waals surface area contributed by atoms with Crippen LogP contribution < -0.4 is 0 Å². The van der Waals surface area contributed by atoms with Crippen molar-refractivity contribution in [2.45, 2.75) is 78.0 Å². The molecule has 0 amide bonds. The molecule has 128 valence electrons. The Bertz CT molecular complexity index is 583. The number of hydroxylamine groups is 2. The third kappa shape index (κ3) is 3.06. The summed E-state index contributed by atoms with van der Waals surface area (Å²) in [6.45, 7) is 13.6. The van der Waals surface area contributed by atoms with Crippen LogP contribution in [0.25, 0.3) is 0 Å². The van der Waals surface area contributed by atoms with Gasteiger partial charge in [-0.25, -0.2) is 0 Å². The van der Waals surface area contributed by atoms with Crippen molar-refractivity contribution in [3.63, 3.8) is 0 Å². The van der Waals surface area contributed by atoms with Crippen molar-refractivity contribution >= 4 is 11.6 Å². The predicted octanol–water partition coefficient (Wildman–Crippen LogP) is 5.58. The van der Waals surface area contributed by atoms with Gasteiger partial charge in [-0.2, -0.15) is 5.06 Å². The number of hydrogen-bond acceptors (Lipinski definition) is 2. The zero-order valence-corrected chi connectivity index (χ0v) is 16.0. The molecule has 0 spiro atoms. The second-order valence-electron chi connectivity index (χ2n) is 8.39. The number of hydrogen-bond donors (Lipinski definition) is 0. The van der Waals surface area contributed by atoms with Gasteiger partial charge in [0.1, 0.15) is 0 Å². The summed E-state index contributed by atoms with van der Waals surface area (Å²) in [6, 6.07) is 7.34. The molecule has 2 fully saturated rings. The topological polar surface area (TPSA) is 12.5 Å². The smallest absolute Gasteiger partial charge is 0.0888 e. The maximum atomic E-state index is 6.37. The Labute approximate surface area is 146 Å². The molecule has 0 bridgehead atoms. The monoisotopic (exact) mass is 335 g/mol. The zero-order valence-electron chi connectivity index (χ0n) is 15.3. The molecule has 0 aromatic heterocycles. The molecule has 4 atom stereocenters. The van der Waals surface area contributed by atoms with Crippen LogP contribution in [0.3, 0.4) is 0 Å². The molecule has 0 N–H and O–H groups in total. The maximum Gasteiger partial charge on any atom is 0.0888 e. The second-order valence-corrected chi connectivity index (χ2v) is 8.83. The first-order chi connectivity index (χ1) is 10.7. The molecule has 1 aliphatic heterocycles. The van der Waals surface area contributed by atoms with Gasteiger partial charge in [0.15, 0.2) is 0 Å². The highest BCUT2D eigenvalue weighted by molar-refractivity contribution is 6.30. The quantitative estimate of drug-likeness (QED) is 0.699. The lowest BCUT2D eigenvalue weighted by molar-refractivity contribution is -0.215. The van der Waals surface area contributed by atoms with Gasteiger partial charge in [-0.15, -0.1) is 0 Å². The normalized spacial score (nSPS) is 33.9. The molecule has 1 saturated carbocycles. The number of halogens is 1. The van der Waals surface area contributed by atoms with Gasteiger partial charge in [-0.3, -0.25) is 4.84 Å². The summed E-state index contributed by atoms with van der Waals surface area (Å²) in [6.07, 6.45) is 2.43. The van der Waals surface area contributed by atoms with Crippen LogP contribution in [0.15, 0.2) is 18.2 Å². The lowest BCUT2D eigenvalue weighted by Crippen LogP contribution is -2.45. The summed E-state index contributed by atoms with van der Waals surface area (Å²) < 4.78 is 0. The molecule has 1 aromatic carbocycles. The largest absolute Gasteiger partial charge is 0.292 e. The zero-order chi connectivity index (χ0) is 16.9. The average molecular weight is 336 g/mol. The van der Waals surface area contributed by atoms with Gasteiger partial charge < -0.3 is 0 Å². The van der Waals surface area contributed by atoms with Crippen molar-refractivity contribution in [2.75, 3.05) is 0 Å². The first-order valence-corrected chi connectivity index (χ1v) is 9.32. The fourth-order valence-corrected chi connectivity index (χ4v) is 5.08. The van der Waals surface area contributed by atoms with E-state index in [0.717, 1.165) is 5.02 Å². The Morgan fingerprint density at radius 3 is 2.57 bits per heavy atom. The first-order valence-electron chi connectivity index (χ1n) is 8.94. The molecule has 1 heterocycles. The molecule has 3 heteroatoms. The molecule has 2 aliphatic rings. The molecule has 1 aliphatic carbocycles. The number of aryl methyl sites for hydroxylation is 1. The van der Waals surface area contributed by atoms with E-state index in [4.69, 9.17) is 16.4 Å². The minimum atomic E-state index is -0.0812. The highest BCUT2D eigenvalue weighted by Crippen LogP contribution is 2.51. The third-order valence-corrected chi connectivity index (χ3v) is 6.13. The van der Waals surface area contributed by atoms with Crippen molar-refractivity contribution in [3.8, 4) is 0 Å². The van der Waals surface area contributed by atoms with Crippen molar-refractivity contribution in [3.05, 3.63) is 34.3 Å². The van der Waals surface area contributed by atoms with Crippen LogP contribution in [-0.2, 0) is 4.84 Å². The fourth-order valence-electron chi connectivity index (χ4n) is 4.85. The van der Waals surface area contributed by atoms with E-state index in [9.17, 15) is 0 Å². The minimum Gasteiger partial charge on any atom is -0.292 e. The summed E-state index contributed by atoms with van der Waals surface area (Å²) >= 11 is 6.15. The van der Waals surface area contributed by atoms with Gasteiger partial charge in [0.05, 0.1) is 5.60 Å². The highest BCUT2D eigenvalue weighted by atomic mass is 35.5. The van der Waals surface area contributed by atoms with Gasteiger partial charge in [-0.1, -0.05) is 24.6 Å². The minimum absolute atomic E-state index is 0.0812. The molecule has 0 radical (unpaired) electrons.